The van der Waals surface area contributed by atoms with Crippen LogP contribution in [0.4, 0.5) is 11.6 Å². The van der Waals surface area contributed by atoms with Crippen LogP contribution in [-0.4, -0.2) is 36.3 Å². The molecule has 1 aliphatic rings. The van der Waals surface area contributed by atoms with Crippen LogP contribution in [-0.2, 0) is 4.79 Å². The van der Waals surface area contributed by atoms with E-state index in [-0.39, 0.29) is 1.43 Å². The summed E-state index contributed by atoms with van der Waals surface area (Å²) in [7, 11) is 0. The quantitative estimate of drug-likeness (QED) is 0.482. The third kappa shape index (κ3) is 3.53. The number of aromatic nitrogens is 4. The molecular weight excluding hydrogens is 366 g/mol. The van der Waals surface area contributed by atoms with Crippen molar-refractivity contribution < 1.29 is 16.4 Å². The minimum Gasteiger partial charge on any atom is -0.479 e. The van der Waals surface area contributed by atoms with Crippen LogP contribution in [0.3, 0.4) is 0 Å². The minimum absolute atomic E-state index is 0. The van der Waals surface area contributed by atoms with Gasteiger partial charge in [0.2, 0.25) is 0 Å². The van der Waals surface area contributed by atoms with Gasteiger partial charge in [-0.2, -0.15) is 5.10 Å². The van der Waals surface area contributed by atoms with Crippen molar-refractivity contribution in [3.63, 3.8) is 0 Å². The molecule has 0 aliphatic heterocycles. The number of aromatic amines is 1. The lowest BCUT2D eigenvalue weighted by molar-refractivity contribution is -0.146. The SMILES string of the molecule is C#Cc1cnc(-c2ccc(C(O)C(=O)O)s2)nc1Nc1cc(C2CC2)[nH]n1.[HH]. The molecule has 0 radical (unpaired) electrons. The Morgan fingerprint density at radius 3 is 3.00 bits per heavy atom. The molecule has 1 aliphatic carbocycles. The molecule has 3 heterocycles. The Kier molecular flexibility index (Phi) is 4.35. The second-order valence-electron chi connectivity index (χ2n) is 6.15. The van der Waals surface area contributed by atoms with Crippen molar-refractivity contribution in [2.24, 2.45) is 0 Å². The van der Waals surface area contributed by atoms with Crippen LogP contribution in [0.25, 0.3) is 10.7 Å². The molecule has 138 valence electrons. The summed E-state index contributed by atoms with van der Waals surface area (Å²) in [5.74, 6) is 3.21. The summed E-state index contributed by atoms with van der Waals surface area (Å²) in [5, 5.41) is 28.9. The number of carboxylic acids is 1. The molecule has 3 aromatic rings. The van der Waals surface area contributed by atoms with Crippen LogP contribution < -0.4 is 5.32 Å². The first-order valence-electron chi connectivity index (χ1n) is 8.22. The number of anilines is 2. The van der Waals surface area contributed by atoms with E-state index in [2.05, 4.69) is 31.4 Å². The van der Waals surface area contributed by atoms with Gasteiger partial charge in [-0.3, -0.25) is 5.10 Å². The number of carbonyl (C=O) groups is 1. The summed E-state index contributed by atoms with van der Waals surface area (Å²) in [5.41, 5.74) is 1.57. The van der Waals surface area contributed by atoms with Gasteiger partial charge >= 0.3 is 5.97 Å². The summed E-state index contributed by atoms with van der Waals surface area (Å²) in [6.07, 6.45) is 7.82. The van der Waals surface area contributed by atoms with E-state index >= 15 is 0 Å². The van der Waals surface area contributed by atoms with Gasteiger partial charge in [0.15, 0.2) is 23.6 Å². The third-order valence-corrected chi connectivity index (χ3v) is 5.29. The number of nitrogens with one attached hydrogen (secondary N) is 2. The van der Waals surface area contributed by atoms with Crippen molar-refractivity contribution in [2.75, 3.05) is 5.32 Å². The van der Waals surface area contributed by atoms with E-state index in [4.69, 9.17) is 11.5 Å². The normalized spacial score (nSPS) is 14.5. The van der Waals surface area contributed by atoms with Crippen molar-refractivity contribution in [3.05, 3.63) is 40.5 Å². The minimum atomic E-state index is -1.57. The highest BCUT2D eigenvalue weighted by molar-refractivity contribution is 7.15. The van der Waals surface area contributed by atoms with Gasteiger partial charge in [-0.25, -0.2) is 14.8 Å². The number of terminal acetylenes is 1. The number of hydrogen-bond donors (Lipinski definition) is 4. The van der Waals surface area contributed by atoms with E-state index in [1.54, 1.807) is 12.1 Å². The molecule has 27 heavy (non-hydrogen) atoms. The third-order valence-electron chi connectivity index (χ3n) is 4.16. The van der Waals surface area contributed by atoms with Crippen LogP contribution in [0.15, 0.2) is 24.4 Å². The van der Waals surface area contributed by atoms with E-state index in [1.807, 2.05) is 6.07 Å². The van der Waals surface area contributed by atoms with Crippen molar-refractivity contribution in [1.82, 2.24) is 20.2 Å². The van der Waals surface area contributed by atoms with Crippen LogP contribution >= 0.6 is 11.3 Å². The maximum Gasteiger partial charge on any atom is 0.338 e. The van der Waals surface area contributed by atoms with Crippen molar-refractivity contribution >= 4 is 28.9 Å². The number of carboxylic acid groups (broad SMARTS) is 1. The first kappa shape index (κ1) is 17.2. The molecule has 0 aromatic carbocycles. The van der Waals surface area contributed by atoms with Crippen LogP contribution in [0, 0.1) is 12.3 Å². The fourth-order valence-corrected chi connectivity index (χ4v) is 3.50. The molecule has 4 N–H and O–H groups in total. The number of rotatable bonds is 6. The largest absolute Gasteiger partial charge is 0.479 e. The van der Waals surface area contributed by atoms with E-state index < -0.39 is 12.1 Å². The topological polar surface area (TPSA) is 124 Å². The zero-order valence-electron chi connectivity index (χ0n) is 14.0. The molecule has 1 unspecified atom stereocenters. The predicted octanol–water partition coefficient (Wildman–Crippen LogP) is 2.89. The number of aliphatic carboxylic acids is 1. The van der Waals surface area contributed by atoms with E-state index in [0.29, 0.717) is 38.7 Å². The highest BCUT2D eigenvalue weighted by Crippen LogP contribution is 2.39. The molecule has 1 fully saturated rings. The monoisotopic (exact) mass is 383 g/mol. The predicted molar refractivity (Wildman–Crippen MR) is 102 cm³/mol. The van der Waals surface area contributed by atoms with Crippen LogP contribution in [0.5, 0.6) is 0 Å². The Morgan fingerprint density at radius 1 is 1.48 bits per heavy atom. The molecule has 8 nitrogen and oxygen atoms in total. The summed E-state index contributed by atoms with van der Waals surface area (Å²) < 4.78 is 0. The van der Waals surface area contributed by atoms with Crippen molar-refractivity contribution in [1.29, 1.82) is 0 Å². The fraction of sp³-hybridized carbons (Fsp3) is 0.222. The zero-order chi connectivity index (χ0) is 19.0. The molecule has 1 atom stereocenters. The lowest BCUT2D eigenvalue weighted by Crippen LogP contribution is -2.08. The Morgan fingerprint density at radius 2 is 2.30 bits per heavy atom. The van der Waals surface area contributed by atoms with Crippen LogP contribution in [0.2, 0.25) is 0 Å². The van der Waals surface area contributed by atoms with Crippen LogP contribution in [0.1, 0.15) is 42.4 Å². The van der Waals surface area contributed by atoms with Gasteiger partial charge in [0.05, 0.1) is 10.4 Å². The maximum absolute atomic E-state index is 10.9. The second kappa shape index (κ2) is 6.83. The van der Waals surface area contributed by atoms with Gasteiger partial charge in [0.1, 0.15) is 0 Å². The van der Waals surface area contributed by atoms with Gasteiger partial charge in [-0.1, -0.05) is 5.92 Å². The molecule has 1 saturated carbocycles. The van der Waals surface area contributed by atoms with Crippen molar-refractivity contribution in [2.45, 2.75) is 24.9 Å². The molecule has 0 amide bonds. The number of thiophene rings is 1. The number of aliphatic hydroxyl groups excluding tert-OH is 1. The first-order valence-corrected chi connectivity index (χ1v) is 9.03. The summed E-state index contributed by atoms with van der Waals surface area (Å²) in [6, 6.07) is 5.15. The van der Waals surface area contributed by atoms with Gasteiger partial charge in [-0.15, -0.1) is 17.8 Å². The first-order chi connectivity index (χ1) is 13.0. The zero-order valence-corrected chi connectivity index (χ0v) is 14.8. The molecular formula is C18H17N5O3S. The number of hydrogen-bond acceptors (Lipinski definition) is 7. The summed E-state index contributed by atoms with van der Waals surface area (Å²) in [4.78, 5) is 20.6. The van der Waals surface area contributed by atoms with Crippen molar-refractivity contribution in [3.8, 4) is 23.0 Å². The lowest BCUT2D eigenvalue weighted by atomic mass is 10.3. The molecule has 9 heteroatoms. The number of aliphatic hydroxyl groups is 1. The van der Waals surface area contributed by atoms with E-state index in [1.165, 1.54) is 6.20 Å². The summed E-state index contributed by atoms with van der Waals surface area (Å²) >= 11 is 1.11. The molecule has 0 spiro atoms. The number of nitrogens with zero attached hydrogens (tertiary/aromatic N) is 3. The lowest BCUT2D eigenvalue weighted by Gasteiger charge is -2.06. The van der Waals surface area contributed by atoms with E-state index in [9.17, 15) is 9.90 Å². The Hall–Kier alpha value is -3.22. The highest BCUT2D eigenvalue weighted by atomic mass is 32.1. The van der Waals surface area contributed by atoms with E-state index in [0.717, 1.165) is 29.9 Å². The van der Waals surface area contributed by atoms with Gasteiger partial charge in [0.25, 0.3) is 0 Å². The average molecular weight is 383 g/mol. The molecule has 0 saturated heterocycles. The molecule has 0 bridgehead atoms. The Labute approximate surface area is 159 Å². The smallest absolute Gasteiger partial charge is 0.338 e. The highest BCUT2D eigenvalue weighted by Gasteiger charge is 2.25. The average Bonchev–Trinajstić information content (AvgIpc) is 3.21. The van der Waals surface area contributed by atoms with Gasteiger partial charge < -0.3 is 15.5 Å². The molecule has 3 aromatic heterocycles. The standard InChI is InChI=1S/C18H15N5O3S.H2/c1-2-9-8-19-17(13-6-5-12(27-13)15(24)18(25)26)21-16(9)20-14-7-11(22-23-14)10-3-4-10;/h1,5-8,10,15,24H,3-4H2,(H,25,26)(H2,19,20,21,22,23);1H. The summed E-state index contributed by atoms with van der Waals surface area (Å²) in [6.45, 7) is 0. The second-order valence-corrected chi connectivity index (χ2v) is 7.27. The number of H-pyrrole nitrogens is 1. The Balaban J connectivity index is 0.00000225. The Bertz CT molecular complexity index is 1050. The molecule has 4 rings (SSSR count). The van der Waals surface area contributed by atoms with Gasteiger partial charge in [0, 0.05) is 30.2 Å². The van der Waals surface area contributed by atoms with Gasteiger partial charge in [-0.05, 0) is 25.0 Å². The maximum atomic E-state index is 10.9. The fourth-order valence-electron chi connectivity index (χ4n) is 2.57.